The van der Waals surface area contributed by atoms with Gasteiger partial charge in [-0.15, -0.1) is 11.3 Å². The maximum atomic E-state index is 13.5. The number of halogens is 1. The van der Waals surface area contributed by atoms with Crippen molar-refractivity contribution in [2.45, 2.75) is 6.92 Å². The van der Waals surface area contributed by atoms with Gasteiger partial charge in [0.1, 0.15) is 10.8 Å². The van der Waals surface area contributed by atoms with Crippen molar-refractivity contribution in [3.8, 4) is 22.9 Å². The van der Waals surface area contributed by atoms with Gasteiger partial charge >= 0.3 is 5.97 Å². The molecule has 0 aliphatic rings. The Kier molecular flexibility index (Phi) is 7.39. The van der Waals surface area contributed by atoms with Crippen LogP contribution in [-0.2, 0) is 4.74 Å². The first-order chi connectivity index (χ1) is 17.8. The first-order valence-electron chi connectivity index (χ1n) is 10.9. The molecule has 12 heteroatoms. The van der Waals surface area contributed by atoms with Gasteiger partial charge in [0.15, 0.2) is 17.2 Å². The summed E-state index contributed by atoms with van der Waals surface area (Å²) in [4.78, 5) is 39.4. The SMILES string of the molecule is CCOC(=O)c1nn(-c2ccc(F)cc2)c(=O)c2c(NC(=O)c3cc(OC)c(OC)c(OC)c3)scc12. The maximum absolute atomic E-state index is 13.5. The molecule has 0 saturated carbocycles. The fourth-order valence-electron chi connectivity index (χ4n) is 3.64. The second kappa shape index (κ2) is 10.7. The van der Waals surface area contributed by atoms with Crippen LogP contribution >= 0.6 is 11.3 Å². The highest BCUT2D eigenvalue weighted by molar-refractivity contribution is 7.16. The summed E-state index contributed by atoms with van der Waals surface area (Å²) in [5, 5.41) is 8.90. The van der Waals surface area contributed by atoms with E-state index in [1.807, 2.05) is 0 Å². The van der Waals surface area contributed by atoms with E-state index in [0.717, 1.165) is 16.0 Å². The lowest BCUT2D eigenvalue weighted by Gasteiger charge is -2.14. The van der Waals surface area contributed by atoms with Gasteiger partial charge in [-0.2, -0.15) is 9.78 Å². The smallest absolute Gasteiger partial charge is 0.359 e. The molecule has 4 aromatic rings. The minimum absolute atomic E-state index is 0.0492. The van der Waals surface area contributed by atoms with Crippen molar-refractivity contribution in [1.29, 1.82) is 0 Å². The van der Waals surface area contributed by atoms with E-state index in [4.69, 9.17) is 18.9 Å². The van der Waals surface area contributed by atoms with Crippen molar-refractivity contribution >= 4 is 39.0 Å². The van der Waals surface area contributed by atoms with Crippen molar-refractivity contribution < 1.29 is 32.9 Å². The Morgan fingerprint density at radius 2 is 1.70 bits per heavy atom. The number of anilines is 1. The average Bonchev–Trinajstić information content (AvgIpc) is 3.32. The molecule has 0 radical (unpaired) electrons. The summed E-state index contributed by atoms with van der Waals surface area (Å²) in [7, 11) is 4.29. The molecule has 0 aliphatic heterocycles. The minimum atomic E-state index is -0.747. The third kappa shape index (κ3) is 4.83. The van der Waals surface area contributed by atoms with Gasteiger partial charge in [0.2, 0.25) is 5.75 Å². The third-order valence-electron chi connectivity index (χ3n) is 5.35. The predicted molar refractivity (Wildman–Crippen MR) is 135 cm³/mol. The Hall–Kier alpha value is -4.45. The third-order valence-corrected chi connectivity index (χ3v) is 6.24. The van der Waals surface area contributed by atoms with Gasteiger partial charge in [0.05, 0.1) is 39.0 Å². The topological polar surface area (TPSA) is 118 Å². The van der Waals surface area contributed by atoms with Crippen LogP contribution in [0.25, 0.3) is 16.5 Å². The lowest BCUT2D eigenvalue weighted by atomic mass is 10.1. The van der Waals surface area contributed by atoms with Gasteiger partial charge in [-0.3, -0.25) is 9.59 Å². The summed E-state index contributed by atoms with van der Waals surface area (Å²) in [5.74, 6) is -0.951. The molecule has 37 heavy (non-hydrogen) atoms. The van der Waals surface area contributed by atoms with E-state index in [2.05, 4.69) is 10.4 Å². The molecule has 0 bridgehead atoms. The van der Waals surface area contributed by atoms with Gasteiger partial charge in [-0.1, -0.05) is 0 Å². The number of carbonyl (C=O) groups is 2. The summed E-state index contributed by atoms with van der Waals surface area (Å²) < 4.78 is 35.5. The standard InChI is InChI=1S/C25H22FN3O7S/c1-5-36-25(32)20-16-12-37-23(19(16)24(31)29(28-20)15-8-6-14(26)7-9-15)27-22(30)13-10-17(33-2)21(35-4)18(11-13)34-3/h6-12H,5H2,1-4H3,(H,27,30). The molecule has 10 nitrogen and oxygen atoms in total. The number of thiophene rings is 1. The molecule has 2 aromatic heterocycles. The fraction of sp³-hybridized carbons (Fsp3) is 0.200. The zero-order valence-corrected chi connectivity index (χ0v) is 21.1. The van der Waals surface area contributed by atoms with Crippen LogP contribution in [0.5, 0.6) is 17.2 Å². The lowest BCUT2D eigenvalue weighted by molar-refractivity contribution is 0.0520. The number of nitrogens with one attached hydrogen (secondary N) is 1. The number of nitrogens with zero attached hydrogens (tertiary/aromatic N) is 2. The normalized spacial score (nSPS) is 10.7. The highest BCUT2D eigenvalue weighted by Gasteiger charge is 2.24. The number of benzene rings is 2. The Morgan fingerprint density at radius 3 is 2.27 bits per heavy atom. The Balaban J connectivity index is 1.85. The molecule has 192 valence electrons. The molecule has 4 rings (SSSR count). The van der Waals surface area contributed by atoms with E-state index >= 15 is 0 Å². The monoisotopic (exact) mass is 527 g/mol. The quantitative estimate of drug-likeness (QED) is 0.341. The average molecular weight is 528 g/mol. The van der Waals surface area contributed by atoms with Crippen LogP contribution in [0.2, 0.25) is 0 Å². The molecular formula is C25H22FN3O7S. The lowest BCUT2D eigenvalue weighted by Crippen LogP contribution is -2.25. The molecule has 0 saturated heterocycles. The highest BCUT2D eigenvalue weighted by Crippen LogP contribution is 2.39. The number of aromatic nitrogens is 2. The van der Waals surface area contributed by atoms with E-state index < -0.39 is 23.3 Å². The number of hydrogen-bond donors (Lipinski definition) is 1. The molecule has 0 aliphatic carbocycles. The van der Waals surface area contributed by atoms with Crippen molar-refractivity contribution in [3.63, 3.8) is 0 Å². The van der Waals surface area contributed by atoms with Crippen LogP contribution in [0.15, 0.2) is 46.6 Å². The molecule has 1 N–H and O–H groups in total. The Labute approximate surface area is 214 Å². The number of carbonyl (C=O) groups excluding carboxylic acids is 2. The van der Waals surface area contributed by atoms with Crippen LogP contribution in [0.3, 0.4) is 0 Å². The molecule has 0 atom stereocenters. The first-order valence-corrected chi connectivity index (χ1v) is 11.8. The zero-order chi connectivity index (χ0) is 26.7. The van der Waals surface area contributed by atoms with Crippen molar-refractivity contribution in [1.82, 2.24) is 9.78 Å². The van der Waals surface area contributed by atoms with Gasteiger partial charge in [-0.05, 0) is 43.3 Å². The molecule has 0 spiro atoms. The number of esters is 1. The highest BCUT2D eigenvalue weighted by atomic mass is 32.1. The van der Waals surface area contributed by atoms with Crippen LogP contribution in [-0.4, -0.2) is 49.6 Å². The molecule has 0 fully saturated rings. The predicted octanol–water partition coefficient (Wildman–Crippen LogP) is 4.04. The molecule has 1 amide bonds. The van der Waals surface area contributed by atoms with Crippen LogP contribution in [0.1, 0.15) is 27.8 Å². The van der Waals surface area contributed by atoms with E-state index in [9.17, 15) is 18.8 Å². The van der Waals surface area contributed by atoms with Crippen LogP contribution in [0, 0.1) is 5.82 Å². The van der Waals surface area contributed by atoms with Crippen molar-refractivity contribution in [2.24, 2.45) is 0 Å². The second-order valence-corrected chi connectivity index (χ2v) is 8.36. The van der Waals surface area contributed by atoms with Crippen LogP contribution in [0.4, 0.5) is 9.39 Å². The summed E-state index contributed by atoms with van der Waals surface area (Å²) in [5.41, 5.74) is -0.331. The Bertz CT molecular complexity index is 1520. The minimum Gasteiger partial charge on any atom is -0.493 e. The van der Waals surface area contributed by atoms with E-state index in [0.29, 0.717) is 5.75 Å². The van der Waals surface area contributed by atoms with E-state index in [1.54, 1.807) is 6.92 Å². The van der Waals surface area contributed by atoms with E-state index in [-0.39, 0.29) is 50.8 Å². The van der Waals surface area contributed by atoms with Gasteiger partial charge in [0, 0.05) is 16.3 Å². The van der Waals surface area contributed by atoms with Gasteiger partial charge in [-0.25, -0.2) is 9.18 Å². The molecule has 2 heterocycles. The van der Waals surface area contributed by atoms with Gasteiger partial charge < -0.3 is 24.3 Å². The number of amides is 1. The molecule has 0 unspecified atom stereocenters. The zero-order valence-electron chi connectivity index (χ0n) is 20.3. The number of fused-ring (bicyclic) bond motifs is 1. The number of hydrogen-bond acceptors (Lipinski definition) is 9. The molecule has 2 aromatic carbocycles. The summed E-state index contributed by atoms with van der Waals surface area (Å²) in [6.45, 7) is 1.73. The maximum Gasteiger partial charge on any atom is 0.359 e. The molecular weight excluding hydrogens is 505 g/mol. The summed E-state index contributed by atoms with van der Waals surface area (Å²) in [6, 6.07) is 7.97. The Morgan fingerprint density at radius 1 is 1.05 bits per heavy atom. The number of methoxy groups -OCH3 is 3. The van der Waals surface area contributed by atoms with Crippen molar-refractivity contribution in [3.05, 3.63) is 69.2 Å². The number of ether oxygens (including phenoxy) is 4. The summed E-state index contributed by atoms with van der Waals surface area (Å²) >= 11 is 1.04. The van der Waals surface area contributed by atoms with E-state index in [1.165, 1.54) is 63.1 Å². The van der Waals surface area contributed by atoms with Gasteiger partial charge in [0.25, 0.3) is 11.5 Å². The first kappa shape index (κ1) is 25.6. The largest absolute Gasteiger partial charge is 0.493 e. The fourth-order valence-corrected chi connectivity index (χ4v) is 4.57. The number of rotatable bonds is 8. The van der Waals surface area contributed by atoms with Crippen molar-refractivity contribution in [2.75, 3.05) is 33.3 Å². The van der Waals surface area contributed by atoms with Crippen LogP contribution < -0.4 is 25.1 Å². The summed E-state index contributed by atoms with van der Waals surface area (Å²) in [6.07, 6.45) is 0. The second-order valence-electron chi connectivity index (χ2n) is 7.48.